The molecule has 2 aromatic rings. The van der Waals surface area contributed by atoms with Gasteiger partial charge in [0.2, 0.25) is 0 Å². The van der Waals surface area contributed by atoms with Crippen LogP contribution in [0.3, 0.4) is 0 Å². The summed E-state index contributed by atoms with van der Waals surface area (Å²) in [6.45, 7) is 1.95. The van der Waals surface area contributed by atoms with Crippen molar-refractivity contribution in [3.05, 3.63) is 36.0 Å². The molecule has 4 nitrogen and oxygen atoms in total. The molecule has 0 amide bonds. The van der Waals surface area contributed by atoms with Gasteiger partial charge in [0, 0.05) is 12.0 Å². The minimum Gasteiger partial charge on any atom is -0.375 e. The summed E-state index contributed by atoms with van der Waals surface area (Å²) in [5, 5.41) is 11.7. The van der Waals surface area contributed by atoms with E-state index in [1.54, 1.807) is 18.9 Å². The van der Waals surface area contributed by atoms with Crippen LogP contribution < -0.4 is 0 Å². The van der Waals surface area contributed by atoms with Crippen molar-refractivity contribution in [3.8, 4) is 0 Å². The van der Waals surface area contributed by atoms with E-state index in [1.165, 1.54) is 0 Å². The number of H-pyrrole nitrogens is 1. The zero-order chi connectivity index (χ0) is 11.4. The summed E-state index contributed by atoms with van der Waals surface area (Å²) in [6, 6.07) is 10.1. The van der Waals surface area contributed by atoms with Gasteiger partial charge in [-0.3, -0.25) is 0 Å². The highest BCUT2D eigenvalue weighted by Gasteiger charge is 2.15. The number of rotatable bonds is 4. The van der Waals surface area contributed by atoms with Gasteiger partial charge in [-0.05, 0) is 19.1 Å². The van der Waals surface area contributed by atoms with E-state index in [1.807, 2.05) is 37.3 Å². The Morgan fingerprint density at radius 3 is 2.69 bits per heavy atom. The third-order valence-corrected chi connectivity index (χ3v) is 3.24. The third-order valence-electron chi connectivity index (χ3n) is 2.24. The molecule has 5 heteroatoms. The molecule has 0 fully saturated rings. The second-order valence-corrected chi connectivity index (χ2v) is 4.37. The molecule has 1 unspecified atom stereocenters. The predicted octanol–water partition coefficient (Wildman–Crippen LogP) is 2.66. The standard InChI is InChI=1S/C11H13N3OS/c1-8(15-2)10-11(13-14-12-10)16-9-6-4-3-5-7-9/h3-8H,1-2H3,(H,12,13,14). The molecule has 0 aliphatic carbocycles. The molecule has 84 valence electrons. The van der Waals surface area contributed by atoms with Gasteiger partial charge in [0.25, 0.3) is 0 Å². The molecule has 0 bridgehead atoms. The van der Waals surface area contributed by atoms with Gasteiger partial charge in [-0.1, -0.05) is 30.0 Å². The minimum absolute atomic E-state index is 0.0510. The summed E-state index contributed by atoms with van der Waals surface area (Å²) < 4.78 is 5.24. The van der Waals surface area contributed by atoms with E-state index in [0.717, 1.165) is 15.6 Å². The van der Waals surface area contributed by atoms with Crippen molar-refractivity contribution < 1.29 is 4.74 Å². The first-order chi connectivity index (χ1) is 7.81. The zero-order valence-corrected chi connectivity index (χ0v) is 9.99. The van der Waals surface area contributed by atoms with E-state index in [2.05, 4.69) is 15.4 Å². The van der Waals surface area contributed by atoms with Gasteiger partial charge in [0.1, 0.15) is 16.8 Å². The van der Waals surface area contributed by atoms with Crippen LogP contribution in [0.2, 0.25) is 0 Å². The highest BCUT2D eigenvalue weighted by Crippen LogP contribution is 2.30. The summed E-state index contributed by atoms with van der Waals surface area (Å²) in [4.78, 5) is 1.14. The number of nitrogens with zero attached hydrogens (tertiary/aromatic N) is 2. The Balaban J connectivity index is 2.19. The van der Waals surface area contributed by atoms with Gasteiger partial charge in [0.15, 0.2) is 0 Å². The molecule has 2 rings (SSSR count). The number of benzene rings is 1. The molecular formula is C11H13N3OS. The largest absolute Gasteiger partial charge is 0.375 e. The number of nitrogens with one attached hydrogen (secondary N) is 1. The molecule has 0 aliphatic heterocycles. The first kappa shape index (κ1) is 11.2. The van der Waals surface area contributed by atoms with E-state index in [4.69, 9.17) is 4.74 Å². The number of ether oxygens (including phenoxy) is 1. The SMILES string of the molecule is COC(C)c1n[nH]nc1Sc1ccccc1. The second-order valence-electron chi connectivity index (χ2n) is 3.31. The predicted molar refractivity (Wildman–Crippen MR) is 62.4 cm³/mol. The lowest BCUT2D eigenvalue weighted by molar-refractivity contribution is 0.113. The Bertz CT molecular complexity index is 444. The van der Waals surface area contributed by atoms with Crippen LogP contribution in [0.4, 0.5) is 0 Å². The molecule has 1 heterocycles. The average molecular weight is 235 g/mol. The normalized spacial score (nSPS) is 12.6. The molecule has 0 spiro atoms. The fourth-order valence-corrected chi connectivity index (χ4v) is 2.20. The van der Waals surface area contributed by atoms with Crippen molar-refractivity contribution >= 4 is 11.8 Å². The smallest absolute Gasteiger partial charge is 0.149 e. The van der Waals surface area contributed by atoms with Crippen molar-refractivity contribution in [1.29, 1.82) is 0 Å². The van der Waals surface area contributed by atoms with Crippen LogP contribution in [0.1, 0.15) is 18.7 Å². The summed E-state index contributed by atoms with van der Waals surface area (Å²) in [6.07, 6.45) is -0.0510. The van der Waals surface area contributed by atoms with Gasteiger partial charge in [-0.2, -0.15) is 10.3 Å². The number of hydrogen-bond acceptors (Lipinski definition) is 4. The molecule has 0 aliphatic rings. The number of aromatic nitrogens is 3. The van der Waals surface area contributed by atoms with Crippen LogP contribution >= 0.6 is 11.8 Å². The molecule has 1 atom stereocenters. The van der Waals surface area contributed by atoms with Crippen LogP contribution in [-0.4, -0.2) is 22.5 Å². The highest BCUT2D eigenvalue weighted by atomic mass is 32.2. The second kappa shape index (κ2) is 5.14. The molecule has 1 aromatic carbocycles. The fraction of sp³-hybridized carbons (Fsp3) is 0.273. The number of hydrogen-bond donors (Lipinski definition) is 1. The van der Waals surface area contributed by atoms with E-state index in [-0.39, 0.29) is 6.10 Å². The van der Waals surface area contributed by atoms with Crippen molar-refractivity contribution in [2.75, 3.05) is 7.11 Å². The quantitative estimate of drug-likeness (QED) is 0.885. The Morgan fingerprint density at radius 1 is 1.25 bits per heavy atom. The monoisotopic (exact) mass is 235 g/mol. The molecule has 0 radical (unpaired) electrons. The Kier molecular flexibility index (Phi) is 3.58. The maximum atomic E-state index is 5.24. The highest BCUT2D eigenvalue weighted by molar-refractivity contribution is 7.99. The van der Waals surface area contributed by atoms with Crippen LogP contribution in [0.5, 0.6) is 0 Å². The minimum atomic E-state index is -0.0510. The van der Waals surface area contributed by atoms with Crippen molar-refractivity contribution in [1.82, 2.24) is 15.4 Å². The molecular weight excluding hydrogens is 222 g/mol. The Morgan fingerprint density at radius 2 is 2.00 bits per heavy atom. The van der Waals surface area contributed by atoms with Gasteiger partial charge < -0.3 is 4.74 Å². The lowest BCUT2D eigenvalue weighted by atomic mass is 10.3. The van der Waals surface area contributed by atoms with E-state index < -0.39 is 0 Å². The number of aromatic amines is 1. The van der Waals surface area contributed by atoms with E-state index in [9.17, 15) is 0 Å². The van der Waals surface area contributed by atoms with Gasteiger partial charge in [-0.25, -0.2) is 0 Å². The summed E-state index contributed by atoms with van der Waals surface area (Å²) in [5.74, 6) is 0. The lowest BCUT2D eigenvalue weighted by Crippen LogP contribution is -1.97. The van der Waals surface area contributed by atoms with E-state index in [0.29, 0.717) is 0 Å². The molecule has 1 aromatic heterocycles. The van der Waals surface area contributed by atoms with Crippen LogP contribution in [0.25, 0.3) is 0 Å². The first-order valence-corrected chi connectivity index (χ1v) is 5.79. The molecule has 1 N–H and O–H groups in total. The maximum absolute atomic E-state index is 5.24. The third kappa shape index (κ3) is 2.43. The molecule has 0 saturated carbocycles. The number of methoxy groups -OCH3 is 1. The van der Waals surface area contributed by atoms with Crippen LogP contribution in [0.15, 0.2) is 40.3 Å². The van der Waals surface area contributed by atoms with Gasteiger partial charge in [0.05, 0.1) is 0 Å². The average Bonchev–Trinajstić information content (AvgIpc) is 2.77. The van der Waals surface area contributed by atoms with Crippen LogP contribution in [-0.2, 0) is 4.74 Å². The van der Waals surface area contributed by atoms with Gasteiger partial charge in [-0.15, -0.1) is 5.10 Å². The fourth-order valence-electron chi connectivity index (χ4n) is 1.28. The molecule has 16 heavy (non-hydrogen) atoms. The van der Waals surface area contributed by atoms with Crippen molar-refractivity contribution in [2.24, 2.45) is 0 Å². The first-order valence-electron chi connectivity index (χ1n) is 4.97. The summed E-state index contributed by atoms with van der Waals surface area (Å²) in [5.41, 5.74) is 0.844. The molecule has 0 saturated heterocycles. The topological polar surface area (TPSA) is 50.8 Å². The van der Waals surface area contributed by atoms with Gasteiger partial charge >= 0.3 is 0 Å². The zero-order valence-electron chi connectivity index (χ0n) is 9.18. The van der Waals surface area contributed by atoms with Crippen molar-refractivity contribution in [3.63, 3.8) is 0 Å². The Labute approximate surface area is 98.4 Å². The summed E-state index contributed by atoms with van der Waals surface area (Å²) >= 11 is 1.58. The van der Waals surface area contributed by atoms with Crippen LogP contribution in [0, 0.1) is 0 Å². The van der Waals surface area contributed by atoms with Crippen molar-refractivity contribution in [2.45, 2.75) is 22.9 Å². The Hall–Kier alpha value is -1.33. The lowest BCUT2D eigenvalue weighted by Gasteiger charge is -2.06. The summed E-state index contributed by atoms with van der Waals surface area (Å²) in [7, 11) is 1.66. The van der Waals surface area contributed by atoms with E-state index >= 15 is 0 Å². The maximum Gasteiger partial charge on any atom is 0.149 e.